The van der Waals surface area contributed by atoms with E-state index in [0.29, 0.717) is 35.2 Å². The number of nitrogens with one attached hydrogen (secondary N) is 1. The first-order chi connectivity index (χ1) is 20.4. The zero-order valence-electron chi connectivity index (χ0n) is 23.1. The van der Waals surface area contributed by atoms with Gasteiger partial charge in [-0.1, -0.05) is 60.1 Å². The van der Waals surface area contributed by atoms with Gasteiger partial charge in [0.15, 0.2) is 10.3 Å². The molecule has 2 amide bonds. The van der Waals surface area contributed by atoms with Crippen molar-refractivity contribution in [2.24, 2.45) is 12.0 Å². The van der Waals surface area contributed by atoms with Crippen LogP contribution in [-0.4, -0.2) is 52.4 Å². The smallest absolute Gasteiger partial charge is 0.364 e. The third-order valence-electron chi connectivity index (χ3n) is 6.89. The summed E-state index contributed by atoms with van der Waals surface area (Å²) in [7, 11) is 1.69. The maximum atomic E-state index is 13.7. The van der Waals surface area contributed by atoms with Crippen molar-refractivity contribution in [3.05, 3.63) is 118 Å². The van der Waals surface area contributed by atoms with Crippen LogP contribution in [-0.2, 0) is 18.3 Å². The Morgan fingerprint density at radius 2 is 1.81 bits per heavy atom. The molecule has 9 nitrogen and oxygen atoms in total. The number of aromatic nitrogens is 2. The van der Waals surface area contributed by atoms with Gasteiger partial charge in [-0.15, -0.1) is 0 Å². The lowest BCUT2D eigenvalue weighted by molar-refractivity contribution is -0.0298. The van der Waals surface area contributed by atoms with Gasteiger partial charge in [-0.05, 0) is 54.2 Å². The second-order valence-electron chi connectivity index (χ2n) is 9.81. The van der Waals surface area contributed by atoms with Crippen molar-refractivity contribution < 1.29 is 9.53 Å². The van der Waals surface area contributed by atoms with Crippen LogP contribution in [0.15, 0.2) is 96.1 Å². The summed E-state index contributed by atoms with van der Waals surface area (Å²) in [5.41, 5.74) is 6.19. The number of halogens is 1. The molecule has 0 aliphatic carbocycles. The largest absolute Gasteiger partial charge is 0.374 e. The molecule has 1 aliphatic heterocycles. The Kier molecular flexibility index (Phi) is 9.59. The van der Waals surface area contributed by atoms with Crippen LogP contribution in [0.5, 0.6) is 0 Å². The van der Waals surface area contributed by atoms with E-state index in [0.717, 1.165) is 18.8 Å². The van der Waals surface area contributed by atoms with Crippen LogP contribution in [0.3, 0.4) is 0 Å². The predicted molar refractivity (Wildman–Crippen MR) is 165 cm³/mol. The van der Waals surface area contributed by atoms with Crippen molar-refractivity contribution in [2.45, 2.75) is 12.6 Å². The highest BCUT2D eigenvalue weighted by atomic mass is 35.5. The van der Waals surface area contributed by atoms with Crippen molar-refractivity contribution in [2.75, 3.05) is 31.3 Å². The molecule has 2 heterocycles. The molecular formula is C31H30ClN7O2S. The van der Waals surface area contributed by atoms with E-state index in [4.69, 9.17) is 28.6 Å². The van der Waals surface area contributed by atoms with Gasteiger partial charge in [-0.25, -0.2) is 15.2 Å². The van der Waals surface area contributed by atoms with Crippen molar-refractivity contribution in [1.82, 2.24) is 19.5 Å². The maximum absolute atomic E-state index is 13.7. The van der Waals surface area contributed by atoms with Crippen molar-refractivity contribution in [3.63, 3.8) is 0 Å². The highest BCUT2D eigenvalue weighted by Gasteiger charge is 2.23. The van der Waals surface area contributed by atoms with Gasteiger partial charge in [0.05, 0.1) is 18.4 Å². The Morgan fingerprint density at radius 3 is 2.50 bits per heavy atom. The number of morpholine rings is 1. The number of amides is 2. The lowest BCUT2D eigenvalue weighted by Gasteiger charge is -2.34. The topological polar surface area (TPSA) is 90.8 Å². The van der Waals surface area contributed by atoms with E-state index in [2.05, 4.69) is 21.4 Å². The summed E-state index contributed by atoms with van der Waals surface area (Å²) in [6.07, 6.45) is 1.45. The van der Waals surface area contributed by atoms with Crippen LogP contribution in [0.2, 0.25) is 5.02 Å². The summed E-state index contributed by atoms with van der Waals surface area (Å²) < 4.78 is 9.70. The summed E-state index contributed by atoms with van der Waals surface area (Å²) >= 11 is 11.7. The lowest BCUT2D eigenvalue weighted by Crippen LogP contribution is -2.51. The molecule has 1 N–H and O–H groups in total. The number of urea groups is 1. The van der Waals surface area contributed by atoms with E-state index < -0.39 is 6.03 Å². The molecule has 3 aromatic carbocycles. The molecule has 0 bridgehead atoms. The van der Waals surface area contributed by atoms with Gasteiger partial charge in [-0.3, -0.25) is 9.47 Å². The predicted octanol–water partition coefficient (Wildman–Crippen LogP) is 5.00. The molecule has 11 heteroatoms. The first-order valence-electron chi connectivity index (χ1n) is 13.5. The normalized spacial score (nSPS) is 15.7. The van der Waals surface area contributed by atoms with E-state index in [1.54, 1.807) is 22.4 Å². The van der Waals surface area contributed by atoms with Crippen LogP contribution in [0.25, 0.3) is 5.69 Å². The Balaban J connectivity index is 1.38. The van der Waals surface area contributed by atoms with Gasteiger partial charge in [-0.2, -0.15) is 10.3 Å². The quantitative estimate of drug-likeness (QED) is 0.237. The van der Waals surface area contributed by atoms with E-state index >= 15 is 0 Å². The molecule has 1 saturated heterocycles. The number of rotatable bonds is 7. The number of ether oxygens (including phenoxy) is 1. The van der Waals surface area contributed by atoms with Crippen LogP contribution in [0.4, 0.5) is 10.5 Å². The summed E-state index contributed by atoms with van der Waals surface area (Å²) in [5.74, 6) is 0. The summed E-state index contributed by atoms with van der Waals surface area (Å²) in [6, 6.07) is 28.1. The van der Waals surface area contributed by atoms with Gasteiger partial charge in [0.2, 0.25) is 0 Å². The third kappa shape index (κ3) is 7.02. The third-order valence-corrected chi connectivity index (χ3v) is 7.61. The molecule has 1 atom stereocenters. The standard InChI is InChI=1S/C31H30ClN7O2S/c1-36-29(24(18-33)21-38(31(36)42)26-8-4-2-5-9-26)35-30(40)39(27-10-6-3-7-11-27)34-19-28-22-37(16-17-41-28)20-23-12-14-25(32)15-13-23/h2-15,21,28,34H,16-17,19-20,22H2,1H3. The molecule has 0 saturated carbocycles. The minimum absolute atomic E-state index is 0.156. The highest BCUT2D eigenvalue weighted by Crippen LogP contribution is 2.16. The van der Waals surface area contributed by atoms with Crippen LogP contribution in [0.1, 0.15) is 11.1 Å². The Hall–Kier alpha value is -4.11. The molecule has 4 aromatic rings. The molecule has 0 spiro atoms. The average Bonchev–Trinajstić information content (AvgIpc) is 3.02. The fourth-order valence-corrected chi connectivity index (χ4v) is 5.11. The van der Waals surface area contributed by atoms with E-state index in [1.807, 2.05) is 84.9 Å². The van der Waals surface area contributed by atoms with Gasteiger partial charge in [0, 0.05) is 50.1 Å². The zero-order chi connectivity index (χ0) is 29.5. The minimum Gasteiger partial charge on any atom is -0.374 e. The fraction of sp³-hybridized carbons (Fsp3) is 0.226. The molecule has 1 fully saturated rings. The number of carbonyl (C=O) groups excluding carboxylic acids is 1. The van der Waals surface area contributed by atoms with Crippen molar-refractivity contribution in [3.8, 4) is 11.8 Å². The second kappa shape index (κ2) is 13.7. The Labute approximate surface area is 254 Å². The molecular weight excluding hydrogens is 570 g/mol. The van der Waals surface area contributed by atoms with Gasteiger partial charge >= 0.3 is 6.03 Å². The number of hydrogen-bond donors (Lipinski definition) is 1. The van der Waals surface area contributed by atoms with Crippen molar-refractivity contribution >= 4 is 35.5 Å². The SMILES string of the molecule is Cn1c(=NC(=O)N(NCC2CN(Cc3ccc(Cl)cc3)CCO2)c2ccccc2)c(C#N)cn(-c2ccccc2)c1=S. The molecule has 0 radical (unpaired) electrons. The monoisotopic (exact) mass is 599 g/mol. The van der Waals surface area contributed by atoms with Gasteiger partial charge < -0.3 is 9.30 Å². The maximum Gasteiger partial charge on any atom is 0.364 e. The number of nitrogens with zero attached hydrogens (tertiary/aromatic N) is 6. The first-order valence-corrected chi connectivity index (χ1v) is 14.3. The van der Waals surface area contributed by atoms with E-state index in [-0.39, 0.29) is 17.2 Å². The zero-order valence-corrected chi connectivity index (χ0v) is 24.6. The Bertz CT molecular complexity index is 1700. The van der Waals surface area contributed by atoms with Gasteiger partial charge in [0.1, 0.15) is 11.6 Å². The molecule has 1 aliphatic rings. The van der Waals surface area contributed by atoms with Gasteiger partial charge in [0.25, 0.3) is 0 Å². The van der Waals surface area contributed by atoms with Crippen molar-refractivity contribution in [1.29, 1.82) is 5.26 Å². The number of hydrogen-bond acceptors (Lipinski definition) is 6. The number of anilines is 1. The highest BCUT2D eigenvalue weighted by molar-refractivity contribution is 7.71. The fourth-order valence-electron chi connectivity index (χ4n) is 4.74. The van der Waals surface area contributed by atoms with E-state index in [1.165, 1.54) is 10.6 Å². The first kappa shape index (κ1) is 29.4. The van der Waals surface area contributed by atoms with Crippen LogP contribution >= 0.6 is 23.8 Å². The Morgan fingerprint density at radius 1 is 1.12 bits per heavy atom. The second-order valence-corrected chi connectivity index (χ2v) is 10.6. The van der Waals surface area contributed by atoms with Crippen LogP contribution in [0, 0.1) is 16.1 Å². The molecule has 214 valence electrons. The summed E-state index contributed by atoms with van der Waals surface area (Å²) in [6.45, 7) is 3.23. The molecule has 42 heavy (non-hydrogen) atoms. The average molecular weight is 600 g/mol. The van der Waals surface area contributed by atoms with E-state index in [9.17, 15) is 10.1 Å². The summed E-state index contributed by atoms with van der Waals surface area (Å²) in [5, 5.41) is 12.0. The number of benzene rings is 3. The minimum atomic E-state index is -0.589. The number of carbonyl (C=O) groups is 1. The molecule has 1 aromatic heterocycles. The lowest BCUT2D eigenvalue weighted by atomic mass is 10.2. The molecule has 5 rings (SSSR count). The number of nitriles is 1. The summed E-state index contributed by atoms with van der Waals surface area (Å²) in [4.78, 5) is 20.4. The number of para-hydroxylation sites is 2. The molecule has 1 unspecified atom stereocenters. The number of hydrazine groups is 1. The van der Waals surface area contributed by atoms with Crippen LogP contribution < -0.4 is 15.9 Å².